The lowest BCUT2D eigenvalue weighted by molar-refractivity contribution is 0.725. The summed E-state index contributed by atoms with van der Waals surface area (Å²) in [5, 5.41) is 5.23. The van der Waals surface area contributed by atoms with Gasteiger partial charge in [-0.1, -0.05) is 53.3 Å². The average Bonchev–Trinajstić information content (AvgIpc) is 2.97. The van der Waals surface area contributed by atoms with Crippen LogP contribution in [0.25, 0.3) is 0 Å². The molecule has 1 aromatic heterocycles. The smallest absolute Gasteiger partial charge is 0.152 e. The van der Waals surface area contributed by atoms with Crippen LogP contribution in [0.3, 0.4) is 0 Å². The molecule has 3 nitrogen and oxygen atoms in total. The summed E-state index contributed by atoms with van der Waals surface area (Å²) in [6.07, 6.45) is 1.80. The van der Waals surface area contributed by atoms with Crippen LogP contribution in [0.15, 0.2) is 53.8 Å². The van der Waals surface area contributed by atoms with Crippen molar-refractivity contribution in [3.8, 4) is 0 Å². The third-order valence-corrected chi connectivity index (χ3v) is 5.31. The molecule has 0 aliphatic carbocycles. The number of hydrogen-bond donors (Lipinski definition) is 1. The van der Waals surface area contributed by atoms with Crippen molar-refractivity contribution in [1.82, 2.24) is 10.4 Å². The van der Waals surface area contributed by atoms with Gasteiger partial charge in [-0.3, -0.25) is 10.4 Å². The van der Waals surface area contributed by atoms with E-state index in [0.717, 1.165) is 20.8 Å². The van der Waals surface area contributed by atoms with E-state index in [-0.39, 0.29) is 5.37 Å². The number of aromatic nitrogens is 1. The maximum Gasteiger partial charge on any atom is 0.152 e. The third kappa shape index (κ3) is 3.48. The van der Waals surface area contributed by atoms with Crippen molar-refractivity contribution in [1.29, 1.82) is 0 Å². The van der Waals surface area contributed by atoms with Crippen LogP contribution in [0.2, 0.25) is 5.02 Å². The van der Waals surface area contributed by atoms with E-state index in [9.17, 15) is 0 Å². The van der Waals surface area contributed by atoms with Crippen molar-refractivity contribution < 1.29 is 0 Å². The summed E-state index contributed by atoms with van der Waals surface area (Å²) in [7, 11) is 0. The Kier molecular flexibility index (Phi) is 4.50. The zero-order valence-corrected chi connectivity index (χ0v) is 12.9. The topological polar surface area (TPSA) is 37.3 Å². The Morgan fingerprint density at radius 3 is 2.80 bits per heavy atom. The average molecular weight is 322 g/mol. The molecule has 2 heterocycles. The van der Waals surface area contributed by atoms with E-state index < -0.39 is 0 Å². The SMILES string of the molecule is Clc1ccc(CSC2=NNC(c3ccccn3)S2)cc1. The van der Waals surface area contributed by atoms with Gasteiger partial charge in [-0.2, -0.15) is 5.10 Å². The molecule has 0 radical (unpaired) electrons. The number of nitrogens with one attached hydrogen (secondary N) is 1. The molecule has 1 aliphatic rings. The van der Waals surface area contributed by atoms with Gasteiger partial charge in [-0.25, -0.2) is 0 Å². The van der Waals surface area contributed by atoms with E-state index >= 15 is 0 Å². The van der Waals surface area contributed by atoms with Crippen molar-refractivity contribution in [3.63, 3.8) is 0 Å². The maximum absolute atomic E-state index is 5.87. The summed E-state index contributed by atoms with van der Waals surface area (Å²) in [6.45, 7) is 0. The number of benzene rings is 1. The van der Waals surface area contributed by atoms with E-state index in [2.05, 4.69) is 15.5 Å². The molecule has 102 valence electrons. The molecule has 1 atom stereocenters. The predicted octanol–water partition coefficient (Wildman–Crippen LogP) is 4.27. The Morgan fingerprint density at radius 2 is 2.05 bits per heavy atom. The molecule has 0 bridgehead atoms. The summed E-state index contributed by atoms with van der Waals surface area (Å²) < 4.78 is 1.04. The molecule has 1 aromatic carbocycles. The highest BCUT2D eigenvalue weighted by Gasteiger charge is 2.21. The first kappa shape index (κ1) is 13.8. The van der Waals surface area contributed by atoms with Gasteiger partial charge in [-0.05, 0) is 29.8 Å². The number of rotatable bonds is 3. The van der Waals surface area contributed by atoms with Crippen LogP contribution >= 0.6 is 35.1 Å². The Hall–Kier alpha value is -1.17. The van der Waals surface area contributed by atoms with Crippen molar-refractivity contribution >= 4 is 39.5 Å². The minimum atomic E-state index is 0.115. The van der Waals surface area contributed by atoms with E-state index in [1.807, 2.05) is 42.5 Å². The van der Waals surface area contributed by atoms with Gasteiger partial charge in [0.2, 0.25) is 0 Å². The van der Waals surface area contributed by atoms with E-state index in [0.29, 0.717) is 0 Å². The molecule has 1 N–H and O–H groups in total. The monoisotopic (exact) mass is 321 g/mol. The second kappa shape index (κ2) is 6.52. The normalized spacial score (nSPS) is 17.6. The number of hydrazone groups is 1. The second-order valence-electron chi connectivity index (χ2n) is 4.17. The molecule has 1 unspecified atom stereocenters. The van der Waals surface area contributed by atoms with Gasteiger partial charge >= 0.3 is 0 Å². The third-order valence-electron chi connectivity index (χ3n) is 2.72. The zero-order chi connectivity index (χ0) is 13.8. The Bertz CT molecular complexity index is 602. The van der Waals surface area contributed by atoms with E-state index in [4.69, 9.17) is 11.6 Å². The van der Waals surface area contributed by atoms with Crippen LogP contribution in [0.4, 0.5) is 0 Å². The highest BCUT2D eigenvalue weighted by molar-refractivity contribution is 8.38. The first-order valence-corrected chi connectivity index (χ1v) is 8.33. The fraction of sp³-hybridized carbons (Fsp3) is 0.143. The molecule has 1 aliphatic heterocycles. The van der Waals surface area contributed by atoms with Crippen LogP contribution < -0.4 is 5.43 Å². The first-order chi connectivity index (χ1) is 9.81. The molecule has 0 fully saturated rings. The lowest BCUT2D eigenvalue weighted by Gasteiger charge is -2.07. The van der Waals surface area contributed by atoms with Gasteiger partial charge in [0.15, 0.2) is 4.38 Å². The van der Waals surface area contributed by atoms with Crippen LogP contribution in [0.1, 0.15) is 16.6 Å². The van der Waals surface area contributed by atoms with Crippen molar-refractivity contribution in [2.75, 3.05) is 0 Å². The predicted molar refractivity (Wildman–Crippen MR) is 87.9 cm³/mol. The Labute approximate surface area is 131 Å². The molecular weight excluding hydrogens is 310 g/mol. The largest absolute Gasteiger partial charge is 0.289 e. The standard InChI is InChI=1S/C14H12ClN3S2/c15-11-6-4-10(5-7-11)9-19-14-18-17-13(20-14)12-3-1-2-8-16-12/h1-8,13,17H,9H2. The summed E-state index contributed by atoms with van der Waals surface area (Å²) in [4.78, 5) is 4.34. The highest BCUT2D eigenvalue weighted by atomic mass is 35.5. The zero-order valence-electron chi connectivity index (χ0n) is 10.5. The fourth-order valence-corrected chi connectivity index (χ4v) is 3.85. The molecule has 3 rings (SSSR count). The lowest BCUT2D eigenvalue weighted by atomic mass is 10.2. The summed E-state index contributed by atoms with van der Waals surface area (Å²) in [5.41, 5.74) is 5.36. The summed E-state index contributed by atoms with van der Waals surface area (Å²) in [5.74, 6) is 0.889. The van der Waals surface area contributed by atoms with Crippen molar-refractivity contribution in [2.45, 2.75) is 11.1 Å². The number of nitrogens with zero attached hydrogens (tertiary/aromatic N) is 2. The van der Waals surface area contributed by atoms with Crippen LogP contribution in [-0.4, -0.2) is 9.36 Å². The molecule has 2 aromatic rings. The van der Waals surface area contributed by atoms with Gasteiger partial charge in [0.05, 0.1) is 5.69 Å². The van der Waals surface area contributed by atoms with Gasteiger partial charge in [0.1, 0.15) is 5.37 Å². The first-order valence-electron chi connectivity index (χ1n) is 6.09. The van der Waals surface area contributed by atoms with Crippen molar-refractivity contribution in [2.24, 2.45) is 5.10 Å². The van der Waals surface area contributed by atoms with Crippen LogP contribution in [-0.2, 0) is 5.75 Å². The summed E-state index contributed by atoms with van der Waals surface area (Å²) in [6, 6.07) is 13.8. The fourth-order valence-electron chi connectivity index (χ4n) is 1.71. The highest BCUT2D eigenvalue weighted by Crippen LogP contribution is 2.35. The number of halogens is 1. The van der Waals surface area contributed by atoms with Gasteiger partial charge in [0.25, 0.3) is 0 Å². The van der Waals surface area contributed by atoms with Crippen molar-refractivity contribution in [3.05, 3.63) is 64.9 Å². The molecular formula is C14H12ClN3S2. The van der Waals surface area contributed by atoms with Crippen LogP contribution in [0, 0.1) is 0 Å². The quantitative estimate of drug-likeness (QED) is 0.915. The second-order valence-corrected chi connectivity index (χ2v) is 6.93. The van der Waals surface area contributed by atoms with Gasteiger partial charge in [-0.15, -0.1) is 0 Å². The van der Waals surface area contributed by atoms with E-state index in [1.165, 1.54) is 5.56 Å². The lowest BCUT2D eigenvalue weighted by Crippen LogP contribution is -2.07. The van der Waals surface area contributed by atoms with Crippen LogP contribution in [0.5, 0.6) is 0 Å². The minimum absolute atomic E-state index is 0.115. The minimum Gasteiger partial charge on any atom is -0.289 e. The molecule has 6 heteroatoms. The Balaban J connectivity index is 1.54. The maximum atomic E-state index is 5.87. The Morgan fingerprint density at radius 1 is 1.20 bits per heavy atom. The molecule has 0 spiro atoms. The molecule has 20 heavy (non-hydrogen) atoms. The molecule has 0 saturated heterocycles. The molecule has 0 amide bonds. The summed E-state index contributed by atoms with van der Waals surface area (Å²) >= 11 is 9.29. The van der Waals surface area contributed by atoms with Gasteiger partial charge in [0, 0.05) is 17.0 Å². The molecule has 0 saturated carbocycles. The number of thioether (sulfide) groups is 2. The number of pyridine rings is 1. The van der Waals surface area contributed by atoms with E-state index in [1.54, 1.807) is 29.7 Å². The number of hydrogen-bond acceptors (Lipinski definition) is 5. The van der Waals surface area contributed by atoms with Gasteiger partial charge < -0.3 is 0 Å².